The van der Waals surface area contributed by atoms with Crippen molar-refractivity contribution >= 4 is 33.8 Å². The summed E-state index contributed by atoms with van der Waals surface area (Å²) in [4.78, 5) is 29.1. The molecule has 9 heteroatoms. The predicted molar refractivity (Wildman–Crippen MR) is 145 cm³/mol. The molecule has 0 bridgehead atoms. The SMILES string of the molecule is CCCCC1CCC(C2=NC3(CCN(S(=O)(=O)C=Cc4c(C)cc(C(=O)O)cc4C)CC3)C(=O)N2)CC1. The highest BCUT2D eigenvalue weighted by molar-refractivity contribution is 7.92. The van der Waals surface area contributed by atoms with Crippen molar-refractivity contribution in [3.8, 4) is 0 Å². The van der Waals surface area contributed by atoms with E-state index in [0.717, 1.165) is 24.6 Å². The highest BCUT2D eigenvalue weighted by atomic mass is 32.2. The lowest BCUT2D eigenvalue weighted by atomic mass is 9.79. The number of benzene rings is 1. The number of sulfonamides is 1. The number of amides is 1. The van der Waals surface area contributed by atoms with Crippen LogP contribution >= 0.6 is 0 Å². The molecule has 2 N–H and O–H groups in total. The smallest absolute Gasteiger partial charge is 0.335 e. The molecule has 1 saturated carbocycles. The van der Waals surface area contributed by atoms with Gasteiger partial charge in [-0.05, 0) is 93.2 Å². The summed E-state index contributed by atoms with van der Waals surface area (Å²) in [5.74, 6) is 0.786. The molecule has 1 spiro atoms. The summed E-state index contributed by atoms with van der Waals surface area (Å²) in [5, 5.41) is 13.5. The standard InChI is InChI=1S/C28H39N3O5S/c1-4-5-6-21-7-9-22(10-8-21)25-29-27(34)28(30-25)12-14-31(15-13-28)37(35,36)16-11-24-19(2)17-23(26(32)33)18-20(24)3/h11,16-18,21-22H,4-10,12-15H2,1-3H3,(H,32,33)(H,29,30,34). The van der Waals surface area contributed by atoms with Gasteiger partial charge in [-0.2, -0.15) is 4.31 Å². The number of carbonyl (C=O) groups excluding carboxylic acids is 1. The van der Waals surface area contributed by atoms with Crippen molar-refractivity contribution in [3.63, 3.8) is 0 Å². The van der Waals surface area contributed by atoms with Crippen molar-refractivity contribution in [2.24, 2.45) is 16.8 Å². The Labute approximate surface area is 220 Å². The minimum Gasteiger partial charge on any atom is -0.478 e. The zero-order valence-corrected chi connectivity index (χ0v) is 22.9. The van der Waals surface area contributed by atoms with Gasteiger partial charge < -0.3 is 10.4 Å². The van der Waals surface area contributed by atoms with Gasteiger partial charge in [0.15, 0.2) is 0 Å². The molecule has 2 heterocycles. The monoisotopic (exact) mass is 529 g/mol. The summed E-state index contributed by atoms with van der Waals surface area (Å²) < 4.78 is 27.5. The first-order chi connectivity index (χ1) is 17.5. The lowest BCUT2D eigenvalue weighted by Crippen LogP contribution is -2.50. The summed E-state index contributed by atoms with van der Waals surface area (Å²) in [6.45, 7) is 6.22. The van der Waals surface area contributed by atoms with Crippen LogP contribution in [0.15, 0.2) is 22.5 Å². The number of amidine groups is 1. The van der Waals surface area contributed by atoms with E-state index in [2.05, 4.69) is 12.2 Å². The molecule has 0 unspecified atom stereocenters. The second-order valence-corrected chi connectivity index (χ2v) is 12.7. The Kier molecular flexibility index (Phi) is 8.23. The number of aliphatic imine (C=N–C) groups is 1. The van der Waals surface area contributed by atoms with Gasteiger partial charge in [0.1, 0.15) is 11.4 Å². The summed E-state index contributed by atoms with van der Waals surface area (Å²) >= 11 is 0. The number of carbonyl (C=O) groups is 2. The maximum atomic E-state index is 13.1. The first kappa shape index (κ1) is 27.5. The van der Waals surface area contributed by atoms with E-state index in [-0.39, 0.29) is 24.6 Å². The zero-order chi connectivity index (χ0) is 26.8. The minimum atomic E-state index is -3.70. The van der Waals surface area contributed by atoms with E-state index in [9.17, 15) is 23.1 Å². The third-order valence-corrected chi connectivity index (χ3v) is 9.92. The van der Waals surface area contributed by atoms with Crippen molar-refractivity contribution in [2.45, 2.75) is 84.1 Å². The van der Waals surface area contributed by atoms with Crippen LogP contribution in [0, 0.1) is 25.7 Å². The molecule has 0 atom stereocenters. The Morgan fingerprint density at radius 2 is 1.78 bits per heavy atom. The summed E-state index contributed by atoms with van der Waals surface area (Å²) in [6.07, 6.45) is 10.5. The topological polar surface area (TPSA) is 116 Å². The van der Waals surface area contributed by atoms with Crippen LogP contribution in [0.2, 0.25) is 0 Å². The van der Waals surface area contributed by atoms with E-state index < -0.39 is 21.5 Å². The molecule has 2 aliphatic heterocycles. The van der Waals surface area contributed by atoms with Gasteiger partial charge in [-0.15, -0.1) is 0 Å². The van der Waals surface area contributed by atoms with Crippen LogP contribution in [0.25, 0.3) is 6.08 Å². The molecule has 4 rings (SSSR count). The van der Waals surface area contributed by atoms with Crippen LogP contribution in [-0.4, -0.2) is 54.2 Å². The fraction of sp³-hybridized carbons (Fsp3) is 0.607. The zero-order valence-electron chi connectivity index (χ0n) is 22.1. The number of carboxylic acid groups (broad SMARTS) is 1. The number of unbranched alkanes of at least 4 members (excludes halogenated alkanes) is 1. The normalized spacial score (nSPS) is 24.4. The number of aromatic carboxylic acids is 1. The highest BCUT2D eigenvalue weighted by Gasteiger charge is 2.48. The third-order valence-electron chi connectivity index (χ3n) is 8.35. The Balaban J connectivity index is 1.39. The van der Waals surface area contributed by atoms with Crippen LogP contribution in [0.3, 0.4) is 0 Å². The van der Waals surface area contributed by atoms with E-state index in [1.807, 2.05) is 0 Å². The summed E-state index contributed by atoms with van der Waals surface area (Å²) in [5.41, 5.74) is 1.41. The Hall–Kier alpha value is -2.52. The number of hydrogen-bond acceptors (Lipinski definition) is 5. The average Bonchev–Trinajstić information content (AvgIpc) is 3.17. The molecular formula is C28H39N3O5S. The van der Waals surface area contributed by atoms with Crippen LogP contribution in [0.4, 0.5) is 0 Å². The van der Waals surface area contributed by atoms with Gasteiger partial charge in [0.25, 0.3) is 5.91 Å². The molecule has 8 nitrogen and oxygen atoms in total. The van der Waals surface area contributed by atoms with E-state index in [1.165, 1.54) is 60.0 Å². The fourth-order valence-corrected chi connectivity index (χ4v) is 7.17. The Morgan fingerprint density at radius 1 is 1.16 bits per heavy atom. The van der Waals surface area contributed by atoms with Gasteiger partial charge >= 0.3 is 5.97 Å². The molecule has 1 aliphatic carbocycles. The second kappa shape index (κ2) is 11.1. The van der Waals surface area contributed by atoms with Crippen molar-refractivity contribution in [2.75, 3.05) is 13.1 Å². The Morgan fingerprint density at radius 3 is 2.35 bits per heavy atom. The average molecular weight is 530 g/mol. The van der Waals surface area contributed by atoms with Crippen LogP contribution in [-0.2, 0) is 14.8 Å². The molecule has 1 amide bonds. The fourth-order valence-electron chi connectivity index (χ4n) is 6.00. The molecule has 1 aromatic rings. The lowest BCUT2D eigenvalue weighted by molar-refractivity contribution is -0.125. The van der Waals surface area contributed by atoms with Crippen molar-refractivity contribution in [1.29, 1.82) is 0 Å². The molecule has 0 aromatic heterocycles. The molecule has 1 saturated heterocycles. The molecule has 3 aliphatic rings. The Bertz CT molecular complexity index is 1180. The van der Waals surface area contributed by atoms with Crippen LogP contribution < -0.4 is 5.32 Å². The van der Waals surface area contributed by atoms with E-state index in [4.69, 9.17) is 4.99 Å². The van der Waals surface area contributed by atoms with Gasteiger partial charge in [0.05, 0.1) is 5.56 Å². The summed E-state index contributed by atoms with van der Waals surface area (Å²) in [6, 6.07) is 3.08. The molecule has 37 heavy (non-hydrogen) atoms. The number of aryl methyl sites for hydroxylation is 2. The van der Waals surface area contributed by atoms with Gasteiger partial charge in [-0.3, -0.25) is 9.79 Å². The highest BCUT2D eigenvalue weighted by Crippen LogP contribution is 2.37. The lowest BCUT2D eigenvalue weighted by Gasteiger charge is -2.34. The number of nitrogens with one attached hydrogen (secondary N) is 1. The predicted octanol–water partition coefficient (Wildman–Crippen LogP) is 4.66. The number of hydrogen-bond donors (Lipinski definition) is 2. The number of nitrogens with zero attached hydrogens (tertiary/aromatic N) is 2. The minimum absolute atomic E-state index is 0.0898. The summed E-state index contributed by atoms with van der Waals surface area (Å²) in [7, 11) is -3.70. The van der Waals surface area contributed by atoms with Crippen LogP contribution in [0.5, 0.6) is 0 Å². The first-order valence-corrected chi connectivity index (χ1v) is 15.0. The van der Waals surface area contributed by atoms with Crippen molar-refractivity contribution in [1.82, 2.24) is 9.62 Å². The van der Waals surface area contributed by atoms with E-state index >= 15 is 0 Å². The maximum Gasteiger partial charge on any atom is 0.335 e. The largest absolute Gasteiger partial charge is 0.478 e. The van der Waals surface area contributed by atoms with Gasteiger partial charge in [-0.25, -0.2) is 13.2 Å². The van der Waals surface area contributed by atoms with Crippen LogP contribution in [0.1, 0.15) is 91.8 Å². The molecule has 0 radical (unpaired) electrons. The molecule has 202 valence electrons. The second-order valence-electron chi connectivity index (χ2n) is 10.9. The van der Waals surface area contributed by atoms with Crippen molar-refractivity contribution < 1.29 is 23.1 Å². The van der Waals surface area contributed by atoms with Gasteiger partial charge in [-0.1, -0.05) is 26.2 Å². The first-order valence-electron chi connectivity index (χ1n) is 13.5. The van der Waals surface area contributed by atoms with Gasteiger partial charge in [0.2, 0.25) is 10.0 Å². The molecular weight excluding hydrogens is 490 g/mol. The third kappa shape index (κ3) is 5.98. The van der Waals surface area contributed by atoms with E-state index in [0.29, 0.717) is 35.4 Å². The number of piperidine rings is 1. The van der Waals surface area contributed by atoms with Gasteiger partial charge in [0, 0.05) is 24.4 Å². The number of carboxylic acids is 1. The maximum absolute atomic E-state index is 13.1. The molecule has 1 aromatic carbocycles. The van der Waals surface area contributed by atoms with Crippen molar-refractivity contribution in [3.05, 3.63) is 39.8 Å². The number of rotatable bonds is 8. The van der Waals surface area contributed by atoms with E-state index in [1.54, 1.807) is 13.8 Å². The quantitative estimate of drug-likeness (QED) is 0.508. The molecule has 2 fully saturated rings.